The Labute approximate surface area is 188 Å². The summed E-state index contributed by atoms with van der Waals surface area (Å²) in [6, 6.07) is 17.7. The van der Waals surface area contributed by atoms with Crippen LogP contribution >= 0.6 is 24.0 Å². The van der Waals surface area contributed by atoms with E-state index in [9.17, 15) is 4.79 Å². The molecule has 0 aliphatic rings. The first kappa shape index (κ1) is 22.7. The Morgan fingerprint density at radius 2 is 1.76 bits per heavy atom. The fourth-order valence-electron chi connectivity index (χ4n) is 3.02. The van der Waals surface area contributed by atoms with Crippen molar-refractivity contribution in [3.8, 4) is 0 Å². The van der Waals surface area contributed by atoms with E-state index < -0.39 is 0 Å². The summed E-state index contributed by atoms with van der Waals surface area (Å²) in [5.74, 6) is 1.63. The number of nitrogens with one attached hydrogen (secondary N) is 3. The highest BCUT2D eigenvalue weighted by atomic mass is 127. The molecule has 0 unspecified atom stereocenters. The lowest BCUT2D eigenvalue weighted by Gasteiger charge is -2.11. The number of fused-ring (bicyclic) bond motifs is 1. The normalized spacial score (nSPS) is 11.0. The van der Waals surface area contributed by atoms with E-state index in [1.165, 1.54) is 0 Å². The van der Waals surface area contributed by atoms with Crippen molar-refractivity contribution in [1.82, 2.24) is 16.0 Å². The highest BCUT2D eigenvalue weighted by molar-refractivity contribution is 14.0. The van der Waals surface area contributed by atoms with E-state index in [1.54, 1.807) is 14.1 Å². The number of halogens is 1. The largest absolute Gasteiger partial charge is 0.461 e. The van der Waals surface area contributed by atoms with Crippen LogP contribution in [0.5, 0.6) is 0 Å². The lowest BCUT2D eigenvalue weighted by molar-refractivity contribution is 0.0963. The highest BCUT2D eigenvalue weighted by Crippen LogP contribution is 2.18. The van der Waals surface area contributed by atoms with E-state index in [0.29, 0.717) is 5.56 Å². The molecule has 0 bridgehead atoms. The zero-order valence-corrected chi connectivity index (χ0v) is 19.0. The average Bonchev–Trinajstić information content (AvgIpc) is 3.15. The summed E-state index contributed by atoms with van der Waals surface area (Å²) in [5, 5.41) is 10.4. The topological polar surface area (TPSA) is 78.7 Å². The molecule has 7 heteroatoms. The first-order chi connectivity index (χ1) is 13.7. The molecule has 3 N–H and O–H groups in total. The number of amides is 1. The van der Waals surface area contributed by atoms with E-state index in [-0.39, 0.29) is 29.9 Å². The van der Waals surface area contributed by atoms with Crippen molar-refractivity contribution in [1.29, 1.82) is 0 Å². The number of carbonyl (C=O) groups is 1. The number of aliphatic imine (C=N–C) groups is 1. The standard InChI is InChI=1S/C22H26N4O2.HI/c1-23-21(27)18-8-5-6-16(14-18)10-12-25-22(24-2)26-13-11-19-15-17-7-3-4-9-20(17)28-19;/h3-9,14-15H,10-13H2,1-2H3,(H,23,27)(H2,24,25,26);1H. The number of para-hydroxylation sites is 1. The number of nitrogens with zero attached hydrogens (tertiary/aromatic N) is 1. The SMILES string of the molecule is CN=C(NCCc1cccc(C(=O)NC)c1)NCCc1cc2ccccc2o1.I. The van der Waals surface area contributed by atoms with Gasteiger partial charge in [-0.1, -0.05) is 30.3 Å². The molecule has 29 heavy (non-hydrogen) atoms. The van der Waals surface area contributed by atoms with Crippen molar-refractivity contribution in [2.45, 2.75) is 12.8 Å². The number of rotatable bonds is 7. The Bertz CT molecular complexity index is 935. The Morgan fingerprint density at radius 3 is 2.48 bits per heavy atom. The molecule has 6 nitrogen and oxygen atoms in total. The zero-order chi connectivity index (χ0) is 19.8. The summed E-state index contributed by atoms with van der Waals surface area (Å²) in [4.78, 5) is 16.0. The first-order valence-electron chi connectivity index (χ1n) is 9.42. The van der Waals surface area contributed by atoms with Gasteiger partial charge in [0, 0.05) is 44.6 Å². The predicted molar refractivity (Wildman–Crippen MR) is 128 cm³/mol. The minimum Gasteiger partial charge on any atom is -0.461 e. The molecule has 0 saturated carbocycles. The molecule has 0 atom stereocenters. The third-order valence-corrected chi connectivity index (χ3v) is 4.49. The number of hydrogen-bond donors (Lipinski definition) is 3. The lowest BCUT2D eigenvalue weighted by atomic mass is 10.1. The van der Waals surface area contributed by atoms with E-state index in [4.69, 9.17) is 4.42 Å². The quantitative estimate of drug-likeness (QED) is 0.261. The molecule has 1 aromatic heterocycles. The molecule has 154 valence electrons. The van der Waals surface area contributed by atoms with Gasteiger partial charge in [-0.05, 0) is 36.2 Å². The molecule has 0 aliphatic heterocycles. The number of furan rings is 1. The van der Waals surface area contributed by atoms with Crippen LogP contribution in [0.15, 0.2) is 64.0 Å². The van der Waals surface area contributed by atoms with Crippen molar-refractivity contribution in [3.05, 3.63) is 71.5 Å². The molecule has 0 fully saturated rings. The summed E-state index contributed by atoms with van der Waals surface area (Å²) in [5.41, 5.74) is 2.69. The third-order valence-electron chi connectivity index (χ3n) is 4.49. The van der Waals surface area contributed by atoms with Gasteiger partial charge in [-0.3, -0.25) is 9.79 Å². The molecular formula is C22H27IN4O2. The molecule has 0 spiro atoms. The maximum atomic E-state index is 11.7. The summed E-state index contributed by atoms with van der Waals surface area (Å²) < 4.78 is 5.83. The molecule has 3 aromatic rings. The Kier molecular flexibility index (Phi) is 8.98. The zero-order valence-electron chi connectivity index (χ0n) is 16.7. The van der Waals surface area contributed by atoms with Gasteiger partial charge in [0.05, 0.1) is 0 Å². The smallest absolute Gasteiger partial charge is 0.251 e. The minimum atomic E-state index is -0.0714. The fraction of sp³-hybridized carbons (Fsp3) is 0.273. The van der Waals surface area contributed by atoms with Crippen molar-refractivity contribution in [2.24, 2.45) is 4.99 Å². The van der Waals surface area contributed by atoms with E-state index in [2.05, 4.69) is 33.1 Å². The van der Waals surface area contributed by atoms with Crippen molar-refractivity contribution < 1.29 is 9.21 Å². The van der Waals surface area contributed by atoms with Crippen LogP contribution in [0.25, 0.3) is 11.0 Å². The van der Waals surface area contributed by atoms with Crippen LogP contribution in [0.1, 0.15) is 21.7 Å². The van der Waals surface area contributed by atoms with Gasteiger partial charge in [-0.25, -0.2) is 0 Å². The van der Waals surface area contributed by atoms with Gasteiger partial charge >= 0.3 is 0 Å². The van der Waals surface area contributed by atoms with Gasteiger partial charge in [0.15, 0.2) is 5.96 Å². The maximum Gasteiger partial charge on any atom is 0.251 e. The second kappa shape index (κ2) is 11.5. The van der Waals surface area contributed by atoms with Crippen molar-refractivity contribution in [2.75, 3.05) is 27.2 Å². The summed E-state index contributed by atoms with van der Waals surface area (Å²) in [6.45, 7) is 1.45. The number of guanidine groups is 1. The minimum absolute atomic E-state index is 0. The van der Waals surface area contributed by atoms with Crippen LogP contribution in [0.3, 0.4) is 0 Å². The van der Waals surface area contributed by atoms with E-state index in [0.717, 1.165) is 54.2 Å². The molecular weight excluding hydrogens is 479 g/mol. The highest BCUT2D eigenvalue weighted by Gasteiger charge is 2.05. The Balaban J connectivity index is 0.00000300. The second-order valence-electron chi connectivity index (χ2n) is 6.46. The summed E-state index contributed by atoms with van der Waals surface area (Å²) >= 11 is 0. The average molecular weight is 506 g/mol. The summed E-state index contributed by atoms with van der Waals surface area (Å²) in [7, 11) is 3.39. The summed E-state index contributed by atoms with van der Waals surface area (Å²) in [6.07, 6.45) is 1.58. The molecule has 2 aromatic carbocycles. The van der Waals surface area contributed by atoms with Gasteiger partial charge in [-0.2, -0.15) is 0 Å². The monoisotopic (exact) mass is 506 g/mol. The number of carbonyl (C=O) groups excluding carboxylic acids is 1. The maximum absolute atomic E-state index is 11.7. The third kappa shape index (κ3) is 6.49. The van der Waals surface area contributed by atoms with Gasteiger partial charge in [0.25, 0.3) is 5.91 Å². The fourth-order valence-corrected chi connectivity index (χ4v) is 3.02. The van der Waals surface area contributed by atoms with E-state index >= 15 is 0 Å². The van der Waals surface area contributed by atoms with Crippen LogP contribution in [0.4, 0.5) is 0 Å². The molecule has 3 rings (SSSR count). The van der Waals surface area contributed by atoms with Crippen LogP contribution in [-0.2, 0) is 12.8 Å². The van der Waals surface area contributed by atoms with Crippen molar-refractivity contribution in [3.63, 3.8) is 0 Å². The lowest BCUT2D eigenvalue weighted by Crippen LogP contribution is -2.39. The number of hydrogen-bond acceptors (Lipinski definition) is 3. The predicted octanol–water partition coefficient (Wildman–Crippen LogP) is 3.36. The molecule has 1 amide bonds. The Morgan fingerprint density at radius 1 is 1.00 bits per heavy atom. The Hall–Kier alpha value is -2.55. The van der Waals surface area contributed by atoms with Crippen LogP contribution < -0.4 is 16.0 Å². The molecule has 1 heterocycles. The molecule has 0 aliphatic carbocycles. The van der Waals surface area contributed by atoms with Crippen LogP contribution in [0.2, 0.25) is 0 Å². The number of benzene rings is 2. The molecule has 0 radical (unpaired) electrons. The second-order valence-corrected chi connectivity index (χ2v) is 6.46. The molecule has 0 saturated heterocycles. The van der Waals surface area contributed by atoms with Gasteiger partial charge in [0.2, 0.25) is 0 Å². The van der Waals surface area contributed by atoms with Gasteiger partial charge < -0.3 is 20.4 Å². The van der Waals surface area contributed by atoms with Gasteiger partial charge in [-0.15, -0.1) is 24.0 Å². The van der Waals surface area contributed by atoms with Gasteiger partial charge in [0.1, 0.15) is 11.3 Å². The first-order valence-corrected chi connectivity index (χ1v) is 9.42. The van der Waals surface area contributed by atoms with E-state index in [1.807, 2.05) is 42.5 Å². The van der Waals surface area contributed by atoms with Crippen molar-refractivity contribution >= 4 is 46.8 Å². The van der Waals surface area contributed by atoms with Crippen LogP contribution in [-0.4, -0.2) is 39.1 Å². The van der Waals surface area contributed by atoms with Crippen LogP contribution in [0, 0.1) is 0 Å².